The molecule has 1 aliphatic rings. The zero-order valence-corrected chi connectivity index (χ0v) is 20.4. The first-order chi connectivity index (χ1) is 17.0. The number of para-hydroxylation sites is 1. The highest BCUT2D eigenvalue weighted by Gasteiger charge is 2.22. The number of benzene rings is 3. The average Bonchev–Trinajstić information content (AvgIpc) is 3.30. The van der Waals surface area contributed by atoms with Crippen LogP contribution in [0.2, 0.25) is 0 Å². The molecule has 1 saturated heterocycles. The first-order valence-electron chi connectivity index (χ1n) is 12.5. The highest BCUT2D eigenvalue weighted by atomic mass is 19.1. The normalized spacial score (nSPS) is 15.1. The molecule has 0 atom stereocenters. The number of nitrogens with zero attached hydrogens (tertiary/aromatic N) is 2. The number of nitrogens with one attached hydrogen (secondary N) is 1. The lowest BCUT2D eigenvalue weighted by molar-refractivity contribution is -0.118. The topological polar surface area (TPSA) is 37.3 Å². The van der Waals surface area contributed by atoms with Crippen molar-refractivity contribution in [3.63, 3.8) is 0 Å². The van der Waals surface area contributed by atoms with Crippen molar-refractivity contribution in [2.75, 3.05) is 18.4 Å². The number of carbonyl (C=O) groups is 1. The highest BCUT2D eigenvalue weighted by Crippen LogP contribution is 2.32. The number of halogens is 1. The van der Waals surface area contributed by atoms with E-state index < -0.39 is 0 Å². The molecule has 5 rings (SSSR count). The Morgan fingerprint density at radius 2 is 1.77 bits per heavy atom. The number of hydrogen-bond donors (Lipinski definition) is 1. The molecule has 0 bridgehead atoms. The Bertz CT molecular complexity index is 1330. The SMILES string of the molecule is CC(C)C(=O)Nc1cccc(C2CCN(Cc3cccc4c3ccn4-c3ccccc3F)CC2)c1. The van der Waals surface area contributed by atoms with E-state index in [1.165, 1.54) is 22.6 Å². The van der Waals surface area contributed by atoms with Gasteiger partial charge in [0.15, 0.2) is 0 Å². The molecule has 1 amide bonds. The van der Waals surface area contributed by atoms with Crippen LogP contribution in [0.4, 0.5) is 10.1 Å². The number of likely N-dealkylation sites (tertiary alicyclic amines) is 1. The number of aromatic nitrogens is 1. The van der Waals surface area contributed by atoms with E-state index in [2.05, 4.69) is 46.6 Å². The van der Waals surface area contributed by atoms with Crippen molar-refractivity contribution in [2.45, 2.75) is 39.2 Å². The maximum atomic E-state index is 14.4. The van der Waals surface area contributed by atoms with Crippen LogP contribution in [0.5, 0.6) is 0 Å². The summed E-state index contributed by atoms with van der Waals surface area (Å²) >= 11 is 0. The molecule has 0 aliphatic carbocycles. The molecule has 4 aromatic rings. The quantitative estimate of drug-likeness (QED) is 0.339. The Hall–Kier alpha value is -3.44. The lowest BCUT2D eigenvalue weighted by Gasteiger charge is -2.32. The van der Waals surface area contributed by atoms with Gasteiger partial charge in [-0.05, 0) is 79.4 Å². The van der Waals surface area contributed by atoms with Gasteiger partial charge in [0.05, 0.1) is 11.2 Å². The summed E-state index contributed by atoms with van der Waals surface area (Å²) in [7, 11) is 0. The predicted molar refractivity (Wildman–Crippen MR) is 140 cm³/mol. The van der Waals surface area contributed by atoms with Crippen LogP contribution in [0.15, 0.2) is 79.0 Å². The molecule has 180 valence electrons. The van der Waals surface area contributed by atoms with E-state index >= 15 is 0 Å². The van der Waals surface area contributed by atoms with Crippen LogP contribution in [-0.4, -0.2) is 28.5 Å². The summed E-state index contributed by atoms with van der Waals surface area (Å²) in [6.07, 6.45) is 4.14. The number of piperidine rings is 1. The van der Waals surface area contributed by atoms with Crippen LogP contribution in [0.25, 0.3) is 16.6 Å². The average molecular weight is 470 g/mol. The lowest BCUT2D eigenvalue weighted by Crippen LogP contribution is -2.32. The van der Waals surface area contributed by atoms with Gasteiger partial charge in [0, 0.05) is 29.7 Å². The zero-order valence-electron chi connectivity index (χ0n) is 20.4. The lowest BCUT2D eigenvalue weighted by atomic mass is 9.89. The van der Waals surface area contributed by atoms with E-state index in [9.17, 15) is 9.18 Å². The van der Waals surface area contributed by atoms with E-state index in [1.807, 2.05) is 48.9 Å². The van der Waals surface area contributed by atoms with Gasteiger partial charge >= 0.3 is 0 Å². The fourth-order valence-electron chi connectivity index (χ4n) is 5.05. The maximum Gasteiger partial charge on any atom is 0.226 e. The number of carbonyl (C=O) groups excluding carboxylic acids is 1. The third-order valence-corrected chi connectivity index (χ3v) is 7.07. The molecule has 1 N–H and O–H groups in total. The van der Waals surface area contributed by atoms with Crippen LogP contribution >= 0.6 is 0 Å². The van der Waals surface area contributed by atoms with E-state index in [0.717, 1.165) is 43.7 Å². The minimum Gasteiger partial charge on any atom is -0.326 e. The van der Waals surface area contributed by atoms with Crippen molar-refractivity contribution in [2.24, 2.45) is 5.92 Å². The number of fused-ring (bicyclic) bond motifs is 1. The predicted octanol–water partition coefficient (Wildman–Crippen LogP) is 6.74. The molecular weight excluding hydrogens is 437 g/mol. The molecule has 3 aromatic carbocycles. The van der Waals surface area contributed by atoms with Crippen LogP contribution in [-0.2, 0) is 11.3 Å². The van der Waals surface area contributed by atoms with Crippen molar-refractivity contribution in [3.05, 3.63) is 95.9 Å². The molecule has 2 heterocycles. The van der Waals surface area contributed by atoms with Crippen molar-refractivity contribution in [3.8, 4) is 5.69 Å². The summed E-state index contributed by atoms with van der Waals surface area (Å²) in [6, 6.07) is 23.6. The summed E-state index contributed by atoms with van der Waals surface area (Å²) in [5.41, 5.74) is 5.06. The first kappa shape index (κ1) is 23.3. The molecule has 1 aliphatic heterocycles. The second kappa shape index (κ2) is 10.0. The molecule has 0 radical (unpaired) electrons. The van der Waals surface area contributed by atoms with Gasteiger partial charge in [0.1, 0.15) is 5.82 Å². The number of hydrogen-bond acceptors (Lipinski definition) is 2. The number of anilines is 1. The molecule has 0 saturated carbocycles. The minimum atomic E-state index is -0.217. The third kappa shape index (κ3) is 5.01. The van der Waals surface area contributed by atoms with E-state index in [4.69, 9.17) is 0 Å². The van der Waals surface area contributed by atoms with Gasteiger partial charge in [-0.15, -0.1) is 0 Å². The Morgan fingerprint density at radius 3 is 2.54 bits per heavy atom. The van der Waals surface area contributed by atoms with Crippen molar-refractivity contribution in [1.82, 2.24) is 9.47 Å². The fourth-order valence-corrected chi connectivity index (χ4v) is 5.05. The Morgan fingerprint density at radius 1 is 1.00 bits per heavy atom. The second-order valence-electron chi connectivity index (χ2n) is 9.81. The van der Waals surface area contributed by atoms with Crippen molar-refractivity contribution < 1.29 is 9.18 Å². The minimum absolute atomic E-state index is 0.0324. The molecular formula is C30H32FN3O. The Balaban J connectivity index is 1.26. The molecule has 35 heavy (non-hydrogen) atoms. The van der Waals surface area contributed by atoms with Gasteiger partial charge in [0.25, 0.3) is 0 Å². The largest absolute Gasteiger partial charge is 0.326 e. The van der Waals surface area contributed by atoms with Crippen LogP contribution in [0.1, 0.15) is 43.7 Å². The van der Waals surface area contributed by atoms with Gasteiger partial charge < -0.3 is 9.88 Å². The summed E-state index contributed by atoms with van der Waals surface area (Å²) in [6.45, 7) is 6.75. The van der Waals surface area contributed by atoms with E-state index in [0.29, 0.717) is 11.6 Å². The smallest absolute Gasteiger partial charge is 0.226 e. The van der Waals surface area contributed by atoms with E-state index in [1.54, 1.807) is 6.07 Å². The highest BCUT2D eigenvalue weighted by molar-refractivity contribution is 5.92. The second-order valence-corrected chi connectivity index (χ2v) is 9.81. The van der Waals surface area contributed by atoms with Gasteiger partial charge in [-0.1, -0.05) is 50.2 Å². The van der Waals surface area contributed by atoms with Gasteiger partial charge in [-0.3, -0.25) is 9.69 Å². The molecule has 5 heteroatoms. The van der Waals surface area contributed by atoms with Crippen LogP contribution < -0.4 is 5.32 Å². The van der Waals surface area contributed by atoms with Crippen molar-refractivity contribution in [1.29, 1.82) is 0 Å². The number of rotatable bonds is 6. The van der Waals surface area contributed by atoms with Crippen molar-refractivity contribution >= 4 is 22.5 Å². The van der Waals surface area contributed by atoms with E-state index in [-0.39, 0.29) is 17.6 Å². The Kier molecular flexibility index (Phi) is 6.69. The fraction of sp³-hybridized carbons (Fsp3) is 0.300. The first-order valence-corrected chi connectivity index (χ1v) is 12.5. The molecule has 1 fully saturated rings. The summed E-state index contributed by atoms with van der Waals surface area (Å²) in [5.74, 6) is 0.301. The maximum absolute atomic E-state index is 14.4. The van der Waals surface area contributed by atoms with Gasteiger partial charge in [0.2, 0.25) is 5.91 Å². The van der Waals surface area contributed by atoms with Gasteiger partial charge in [-0.2, -0.15) is 0 Å². The molecule has 1 aromatic heterocycles. The summed E-state index contributed by atoms with van der Waals surface area (Å²) in [5, 5.41) is 4.19. The monoisotopic (exact) mass is 469 g/mol. The molecule has 0 spiro atoms. The summed E-state index contributed by atoms with van der Waals surface area (Å²) < 4.78 is 16.3. The zero-order chi connectivity index (χ0) is 24.4. The molecule has 4 nitrogen and oxygen atoms in total. The summed E-state index contributed by atoms with van der Waals surface area (Å²) in [4.78, 5) is 14.6. The third-order valence-electron chi connectivity index (χ3n) is 7.07. The standard InChI is InChI=1S/C30H32FN3O/c1-21(2)30(35)32-25-9-5-7-23(19-25)22-13-16-33(17-14-22)20-24-8-6-12-28-26(24)15-18-34(28)29-11-4-3-10-27(29)31/h3-12,15,18-19,21-22H,13-14,16-17,20H2,1-2H3,(H,32,35). The number of amides is 1. The van der Waals surface area contributed by atoms with Crippen LogP contribution in [0.3, 0.4) is 0 Å². The van der Waals surface area contributed by atoms with Gasteiger partial charge in [-0.25, -0.2) is 4.39 Å². The Labute approximate surface area is 206 Å². The molecule has 0 unspecified atom stereocenters. The van der Waals surface area contributed by atoms with Crippen LogP contribution in [0, 0.1) is 11.7 Å².